The van der Waals surface area contributed by atoms with E-state index in [-0.39, 0.29) is 0 Å². The summed E-state index contributed by atoms with van der Waals surface area (Å²) in [4.78, 5) is 2.55. The van der Waals surface area contributed by atoms with Crippen molar-refractivity contribution < 1.29 is 0 Å². The second-order valence-corrected chi connectivity index (χ2v) is 4.43. The van der Waals surface area contributed by atoms with Crippen LogP contribution in [0.5, 0.6) is 0 Å². The Morgan fingerprint density at radius 3 is 2.64 bits per heavy atom. The molecule has 1 atom stereocenters. The van der Waals surface area contributed by atoms with Gasteiger partial charge in [-0.25, -0.2) is 0 Å². The second kappa shape index (κ2) is 5.01. The topological polar surface area (TPSA) is 15.3 Å². The first kappa shape index (κ1) is 9.36. The summed E-state index contributed by atoms with van der Waals surface area (Å²) in [5.41, 5.74) is 0. The van der Waals surface area contributed by atoms with Gasteiger partial charge in [0.05, 0.1) is 5.37 Å². The van der Waals surface area contributed by atoms with Crippen LogP contribution in [0.1, 0.15) is 13.8 Å². The minimum atomic E-state index is 0.710. The summed E-state index contributed by atoms with van der Waals surface area (Å²) >= 11 is 2.04. The highest BCUT2D eigenvalue weighted by atomic mass is 32.2. The molecule has 0 bridgehead atoms. The molecule has 0 aromatic heterocycles. The van der Waals surface area contributed by atoms with E-state index in [0.29, 0.717) is 5.37 Å². The molecular weight excluding hydrogens is 156 g/mol. The summed E-state index contributed by atoms with van der Waals surface area (Å²) in [6, 6.07) is 0. The lowest BCUT2D eigenvalue weighted by atomic mass is 10.4. The quantitative estimate of drug-likeness (QED) is 0.687. The van der Waals surface area contributed by atoms with Gasteiger partial charge >= 0.3 is 0 Å². The molecule has 0 radical (unpaired) electrons. The molecule has 1 fully saturated rings. The number of rotatable bonds is 3. The van der Waals surface area contributed by atoms with E-state index in [4.69, 9.17) is 0 Å². The first-order chi connectivity index (χ1) is 5.34. The van der Waals surface area contributed by atoms with E-state index in [2.05, 4.69) is 24.1 Å². The van der Waals surface area contributed by atoms with Gasteiger partial charge in [0.15, 0.2) is 0 Å². The van der Waals surface area contributed by atoms with Crippen molar-refractivity contribution in [2.75, 3.05) is 31.9 Å². The lowest BCUT2D eigenvalue weighted by Crippen LogP contribution is -2.46. The Hall–Kier alpha value is 0.270. The molecule has 0 aliphatic carbocycles. The van der Waals surface area contributed by atoms with E-state index in [0.717, 1.165) is 13.1 Å². The van der Waals surface area contributed by atoms with Crippen molar-refractivity contribution in [2.24, 2.45) is 0 Å². The molecule has 3 heteroatoms. The molecule has 66 valence electrons. The van der Waals surface area contributed by atoms with Gasteiger partial charge in [0.25, 0.3) is 0 Å². The maximum absolute atomic E-state index is 3.36. The van der Waals surface area contributed by atoms with Crippen LogP contribution in [0, 0.1) is 0 Å². The molecule has 0 aromatic carbocycles. The molecule has 1 saturated heterocycles. The molecule has 2 nitrogen and oxygen atoms in total. The molecule has 0 amide bonds. The van der Waals surface area contributed by atoms with Gasteiger partial charge in [-0.15, -0.1) is 11.8 Å². The second-order valence-electron chi connectivity index (χ2n) is 2.84. The van der Waals surface area contributed by atoms with Gasteiger partial charge in [0, 0.05) is 26.2 Å². The normalized spacial score (nSPS) is 23.5. The lowest BCUT2D eigenvalue weighted by Gasteiger charge is -2.32. The van der Waals surface area contributed by atoms with Crippen molar-refractivity contribution in [2.45, 2.75) is 19.2 Å². The minimum absolute atomic E-state index is 0.710. The maximum atomic E-state index is 3.36. The highest BCUT2D eigenvalue weighted by Gasteiger charge is 2.15. The van der Waals surface area contributed by atoms with Gasteiger partial charge in [0.2, 0.25) is 0 Å². The van der Waals surface area contributed by atoms with Gasteiger partial charge in [0.1, 0.15) is 0 Å². The number of nitrogens with zero attached hydrogens (tertiary/aromatic N) is 1. The predicted octanol–water partition coefficient (Wildman–Crippen LogP) is 0.991. The third kappa shape index (κ3) is 3.01. The van der Waals surface area contributed by atoms with Crippen molar-refractivity contribution in [3.05, 3.63) is 0 Å². The number of hydrogen-bond acceptors (Lipinski definition) is 3. The summed E-state index contributed by atoms with van der Waals surface area (Å²) < 4.78 is 0. The van der Waals surface area contributed by atoms with Crippen LogP contribution < -0.4 is 5.32 Å². The van der Waals surface area contributed by atoms with Gasteiger partial charge < -0.3 is 5.32 Å². The molecule has 0 aromatic rings. The summed E-state index contributed by atoms with van der Waals surface area (Å²) in [6.07, 6.45) is 0. The van der Waals surface area contributed by atoms with Crippen molar-refractivity contribution in [1.82, 2.24) is 10.2 Å². The van der Waals surface area contributed by atoms with E-state index in [1.165, 1.54) is 18.8 Å². The zero-order chi connectivity index (χ0) is 8.10. The third-order valence-corrected chi connectivity index (χ3v) is 3.19. The fraction of sp³-hybridized carbons (Fsp3) is 1.00. The number of thioether (sulfide) groups is 1. The minimum Gasteiger partial charge on any atom is -0.314 e. The van der Waals surface area contributed by atoms with E-state index in [9.17, 15) is 0 Å². The Labute approximate surface area is 73.7 Å². The molecule has 11 heavy (non-hydrogen) atoms. The number of piperazine rings is 1. The van der Waals surface area contributed by atoms with Crippen LogP contribution in [0.25, 0.3) is 0 Å². The SMILES string of the molecule is CCSC(C)N1CCNCC1. The van der Waals surface area contributed by atoms with E-state index < -0.39 is 0 Å². The molecule has 1 N–H and O–H groups in total. The lowest BCUT2D eigenvalue weighted by molar-refractivity contribution is 0.235. The number of hydrogen-bond donors (Lipinski definition) is 1. The first-order valence-corrected chi connectivity index (χ1v) is 5.46. The van der Waals surface area contributed by atoms with Crippen LogP contribution in [0.2, 0.25) is 0 Å². The smallest absolute Gasteiger partial charge is 0.0529 e. The first-order valence-electron chi connectivity index (χ1n) is 4.41. The Bertz CT molecular complexity index is 102. The average Bonchev–Trinajstić information content (AvgIpc) is 2.07. The maximum Gasteiger partial charge on any atom is 0.0529 e. The Kier molecular flexibility index (Phi) is 4.26. The zero-order valence-electron chi connectivity index (χ0n) is 7.47. The largest absolute Gasteiger partial charge is 0.314 e. The third-order valence-electron chi connectivity index (χ3n) is 2.07. The zero-order valence-corrected chi connectivity index (χ0v) is 8.28. The highest BCUT2D eigenvalue weighted by molar-refractivity contribution is 7.99. The summed E-state index contributed by atoms with van der Waals surface area (Å²) in [6.45, 7) is 9.29. The van der Waals surface area contributed by atoms with Gasteiger partial charge in [-0.2, -0.15) is 0 Å². The van der Waals surface area contributed by atoms with Crippen LogP contribution in [0.15, 0.2) is 0 Å². The molecule has 1 unspecified atom stereocenters. The number of nitrogens with one attached hydrogen (secondary N) is 1. The van der Waals surface area contributed by atoms with Gasteiger partial charge in [-0.3, -0.25) is 4.90 Å². The molecule has 0 spiro atoms. The Morgan fingerprint density at radius 2 is 2.09 bits per heavy atom. The molecule has 1 aliphatic heterocycles. The van der Waals surface area contributed by atoms with Crippen LogP contribution in [-0.4, -0.2) is 42.2 Å². The molecule has 0 saturated carbocycles. The summed E-state index contributed by atoms with van der Waals surface area (Å²) in [5, 5.41) is 4.07. The Morgan fingerprint density at radius 1 is 1.45 bits per heavy atom. The van der Waals surface area contributed by atoms with Gasteiger partial charge in [-0.1, -0.05) is 6.92 Å². The average molecular weight is 174 g/mol. The van der Waals surface area contributed by atoms with Crippen LogP contribution >= 0.6 is 11.8 Å². The van der Waals surface area contributed by atoms with Gasteiger partial charge in [-0.05, 0) is 12.7 Å². The predicted molar refractivity (Wildman–Crippen MR) is 52.0 cm³/mol. The van der Waals surface area contributed by atoms with Crippen molar-refractivity contribution in [3.8, 4) is 0 Å². The van der Waals surface area contributed by atoms with Crippen molar-refractivity contribution in [3.63, 3.8) is 0 Å². The van der Waals surface area contributed by atoms with Crippen molar-refractivity contribution >= 4 is 11.8 Å². The molecule has 1 heterocycles. The molecular formula is C8H18N2S. The van der Waals surface area contributed by atoms with Crippen molar-refractivity contribution in [1.29, 1.82) is 0 Å². The summed E-state index contributed by atoms with van der Waals surface area (Å²) in [5.74, 6) is 1.23. The van der Waals surface area contributed by atoms with Crippen LogP contribution in [0.3, 0.4) is 0 Å². The fourth-order valence-electron chi connectivity index (χ4n) is 1.39. The monoisotopic (exact) mass is 174 g/mol. The van der Waals surface area contributed by atoms with E-state index >= 15 is 0 Å². The van der Waals surface area contributed by atoms with Crippen LogP contribution in [0.4, 0.5) is 0 Å². The molecule has 1 rings (SSSR count). The highest BCUT2D eigenvalue weighted by Crippen LogP contribution is 2.14. The van der Waals surface area contributed by atoms with E-state index in [1.807, 2.05) is 11.8 Å². The Balaban J connectivity index is 2.21. The fourth-order valence-corrected chi connectivity index (χ4v) is 2.30. The van der Waals surface area contributed by atoms with E-state index in [1.54, 1.807) is 0 Å². The molecule has 1 aliphatic rings. The standard InChI is InChI=1S/C8H18N2S/c1-3-11-8(2)10-6-4-9-5-7-10/h8-9H,3-7H2,1-2H3. The summed E-state index contributed by atoms with van der Waals surface area (Å²) in [7, 11) is 0. The van der Waals surface area contributed by atoms with Crippen LogP contribution in [-0.2, 0) is 0 Å².